The fourth-order valence-electron chi connectivity index (χ4n) is 5.30. The number of carbonyl (C=O) groups excluding carboxylic acids is 1. The zero-order valence-corrected chi connectivity index (χ0v) is 17.6. The molecule has 1 aromatic heterocycles. The van der Waals surface area contributed by atoms with Crippen LogP contribution in [0, 0.1) is 11.8 Å². The quantitative estimate of drug-likeness (QED) is 0.864. The Kier molecular flexibility index (Phi) is 5.35. The molecule has 4 heterocycles. The molecule has 5 heteroatoms. The number of carbonyl (C=O) groups is 1. The van der Waals surface area contributed by atoms with Crippen LogP contribution in [0.25, 0.3) is 10.9 Å². The molecule has 5 nitrogen and oxygen atoms in total. The van der Waals surface area contributed by atoms with Gasteiger partial charge in [-0.25, -0.2) is 0 Å². The molecule has 3 aliphatic heterocycles. The third-order valence-corrected chi connectivity index (χ3v) is 7.23. The van der Waals surface area contributed by atoms with Crippen molar-refractivity contribution in [3.63, 3.8) is 0 Å². The second kappa shape index (κ2) is 8.11. The number of benzene rings is 1. The van der Waals surface area contributed by atoms with Crippen molar-refractivity contribution in [2.45, 2.75) is 52.1 Å². The Balaban J connectivity index is 1.48. The standard InChI is InChI=1S/C24H33N3O2/c1-17-5-10-26(11-6-17)24(28)19-2-3-22-20(14-19)21-15-25-9-4-23(21)27(22)16-18-7-12-29-13-8-18/h2-3,14,17-18,25H,4-13,15-16H2,1H3. The van der Waals surface area contributed by atoms with E-state index in [9.17, 15) is 4.79 Å². The van der Waals surface area contributed by atoms with E-state index in [0.29, 0.717) is 5.92 Å². The van der Waals surface area contributed by atoms with Crippen LogP contribution >= 0.6 is 0 Å². The lowest BCUT2D eigenvalue weighted by Crippen LogP contribution is -2.37. The summed E-state index contributed by atoms with van der Waals surface area (Å²) in [6, 6.07) is 6.43. The predicted molar refractivity (Wildman–Crippen MR) is 115 cm³/mol. The van der Waals surface area contributed by atoms with Crippen molar-refractivity contribution in [2.24, 2.45) is 11.8 Å². The average Bonchev–Trinajstić information content (AvgIpc) is 3.08. The molecule has 3 aliphatic rings. The topological polar surface area (TPSA) is 46.5 Å². The lowest BCUT2D eigenvalue weighted by molar-refractivity contribution is 0.0613. The van der Waals surface area contributed by atoms with Gasteiger partial charge >= 0.3 is 0 Å². The van der Waals surface area contributed by atoms with Crippen LogP contribution in [0.1, 0.15) is 54.2 Å². The van der Waals surface area contributed by atoms with Gasteiger partial charge < -0.3 is 19.5 Å². The maximum Gasteiger partial charge on any atom is 0.253 e. The van der Waals surface area contributed by atoms with Crippen LogP contribution in [0.4, 0.5) is 0 Å². The van der Waals surface area contributed by atoms with Gasteiger partial charge in [-0.2, -0.15) is 0 Å². The lowest BCUT2D eigenvalue weighted by Gasteiger charge is -2.30. The second-order valence-corrected chi connectivity index (χ2v) is 9.23. The minimum atomic E-state index is 0.202. The van der Waals surface area contributed by atoms with Crippen LogP contribution in [0.15, 0.2) is 18.2 Å². The molecule has 0 saturated carbocycles. The highest BCUT2D eigenvalue weighted by atomic mass is 16.5. The highest BCUT2D eigenvalue weighted by Crippen LogP contribution is 2.32. The number of nitrogens with one attached hydrogen (secondary N) is 1. The van der Waals surface area contributed by atoms with Crippen molar-refractivity contribution in [1.82, 2.24) is 14.8 Å². The Morgan fingerprint density at radius 1 is 1.17 bits per heavy atom. The molecule has 2 fully saturated rings. The number of hydrogen-bond acceptors (Lipinski definition) is 3. The number of aromatic nitrogens is 1. The molecule has 0 aliphatic carbocycles. The summed E-state index contributed by atoms with van der Waals surface area (Å²) < 4.78 is 8.12. The summed E-state index contributed by atoms with van der Waals surface area (Å²) in [5.74, 6) is 1.63. The van der Waals surface area contributed by atoms with Gasteiger partial charge in [0.25, 0.3) is 5.91 Å². The van der Waals surface area contributed by atoms with E-state index in [1.807, 2.05) is 4.90 Å². The van der Waals surface area contributed by atoms with Gasteiger partial charge in [0, 0.05) is 74.5 Å². The summed E-state index contributed by atoms with van der Waals surface area (Å²) in [4.78, 5) is 15.2. The van der Waals surface area contributed by atoms with E-state index >= 15 is 0 Å². The van der Waals surface area contributed by atoms with Gasteiger partial charge in [-0.1, -0.05) is 6.92 Å². The summed E-state index contributed by atoms with van der Waals surface area (Å²) in [5.41, 5.74) is 5.03. The van der Waals surface area contributed by atoms with E-state index in [4.69, 9.17) is 4.74 Å². The van der Waals surface area contributed by atoms with Gasteiger partial charge in [0.15, 0.2) is 0 Å². The largest absolute Gasteiger partial charge is 0.381 e. The molecule has 2 saturated heterocycles. The van der Waals surface area contributed by atoms with E-state index in [1.165, 1.54) is 22.2 Å². The Bertz CT molecular complexity index is 889. The molecule has 5 rings (SSSR count). The van der Waals surface area contributed by atoms with Crippen LogP contribution in [-0.4, -0.2) is 48.2 Å². The fraction of sp³-hybridized carbons (Fsp3) is 0.625. The first-order chi connectivity index (χ1) is 14.2. The number of nitrogens with zero attached hydrogens (tertiary/aromatic N) is 2. The third kappa shape index (κ3) is 3.71. The first-order valence-corrected chi connectivity index (χ1v) is 11.4. The molecule has 29 heavy (non-hydrogen) atoms. The van der Waals surface area contributed by atoms with Crippen LogP contribution < -0.4 is 5.32 Å². The normalized spacial score (nSPS) is 21.5. The van der Waals surface area contributed by atoms with E-state index in [2.05, 4.69) is 35.0 Å². The number of piperidine rings is 1. The Hall–Kier alpha value is -1.85. The number of amides is 1. The van der Waals surface area contributed by atoms with E-state index in [-0.39, 0.29) is 5.91 Å². The molecule has 1 aromatic carbocycles. The number of likely N-dealkylation sites (tertiary alicyclic amines) is 1. The van der Waals surface area contributed by atoms with E-state index in [0.717, 1.165) is 89.5 Å². The molecule has 156 valence electrons. The van der Waals surface area contributed by atoms with Crippen LogP contribution in [0.3, 0.4) is 0 Å². The zero-order valence-electron chi connectivity index (χ0n) is 17.6. The summed E-state index contributed by atoms with van der Waals surface area (Å²) in [5, 5.41) is 4.81. The lowest BCUT2D eigenvalue weighted by atomic mass is 9.98. The van der Waals surface area contributed by atoms with Gasteiger partial charge in [0.1, 0.15) is 0 Å². The molecular weight excluding hydrogens is 362 g/mol. The average molecular weight is 396 g/mol. The molecule has 0 spiro atoms. The van der Waals surface area contributed by atoms with Crippen molar-refractivity contribution in [1.29, 1.82) is 0 Å². The first kappa shape index (κ1) is 19.1. The van der Waals surface area contributed by atoms with Crippen molar-refractivity contribution >= 4 is 16.8 Å². The molecule has 1 N–H and O–H groups in total. The summed E-state index contributed by atoms with van der Waals surface area (Å²) in [6.45, 7) is 8.87. The van der Waals surface area contributed by atoms with Crippen molar-refractivity contribution in [2.75, 3.05) is 32.8 Å². The summed E-state index contributed by atoms with van der Waals surface area (Å²) in [6.07, 6.45) is 5.61. The predicted octanol–water partition coefficient (Wildman–Crippen LogP) is 3.59. The highest BCUT2D eigenvalue weighted by Gasteiger charge is 2.25. The van der Waals surface area contributed by atoms with Crippen LogP contribution in [0.5, 0.6) is 0 Å². The molecule has 0 atom stereocenters. The van der Waals surface area contributed by atoms with Crippen LogP contribution in [-0.2, 0) is 24.2 Å². The van der Waals surface area contributed by atoms with Gasteiger partial charge in [-0.3, -0.25) is 4.79 Å². The molecular formula is C24H33N3O2. The smallest absolute Gasteiger partial charge is 0.253 e. The summed E-state index contributed by atoms with van der Waals surface area (Å²) >= 11 is 0. The third-order valence-electron chi connectivity index (χ3n) is 7.23. The fourth-order valence-corrected chi connectivity index (χ4v) is 5.30. The Morgan fingerprint density at radius 3 is 2.76 bits per heavy atom. The molecule has 0 radical (unpaired) electrons. The molecule has 0 unspecified atom stereocenters. The van der Waals surface area contributed by atoms with Gasteiger partial charge in [-0.05, 0) is 61.3 Å². The van der Waals surface area contributed by atoms with E-state index < -0.39 is 0 Å². The number of ether oxygens (including phenoxy) is 1. The number of hydrogen-bond donors (Lipinski definition) is 1. The monoisotopic (exact) mass is 395 g/mol. The highest BCUT2D eigenvalue weighted by molar-refractivity contribution is 5.99. The van der Waals surface area contributed by atoms with Gasteiger partial charge in [-0.15, -0.1) is 0 Å². The maximum atomic E-state index is 13.1. The van der Waals surface area contributed by atoms with Gasteiger partial charge in [0.05, 0.1) is 0 Å². The SMILES string of the molecule is CC1CCN(C(=O)c2ccc3c(c2)c2c(n3CC3CCOCC3)CCNC2)CC1. The minimum Gasteiger partial charge on any atom is -0.381 e. The molecule has 2 aromatic rings. The minimum absolute atomic E-state index is 0.202. The summed E-state index contributed by atoms with van der Waals surface area (Å²) in [7, 11) is 0. The molecule has 1 amide bonds. The Labute approximate surface area is 173 Å². The Morgan fingerprint density at radius 2 is 1.97 bits per heavy atom. The van der Waals surface area contributed by atoms with Crippen molar-refractivity contribution in [3.05, 3.63) is 35.0 Å². The first-order valence-electron chi connectivity index (χ1n) is 11.4. The maximum absolute atomic E-state index is 13.1. The zero-order chi connectivity index (χ0) is 19.8. The molecule has 0 bridgehead atoms. The number of fused-ring (bicyclic) bond motifs is 3. The van der Waals surface area contributed by atoms with Crippen molar-refractivity contribution in [3.8, 4) is 0 Å². The van der Waals surface area contributed by atoms with E-state index in [1.54, 1.807) is 0 Å². The van der Waals surface area contributed by atoms with Crippen LogP contribution in [0.2, 0.25) is 0 Å². The van der Waals surface area contributed by atoms with Crippen molar-refractivity contribution < 1.29 is 9.53 Å². The number of rotatable bonds is 3. The van der Waals surface area contributed by atoms with Gasteiger partial charge in [0.2, 0.25) is 0 Å². The second-order valence-electron chi connectivity index (χ2n) is 9.23.